The molecule has 0 unspecified atom stereocenters. The molecule has 0 aliphatic rings. The quantitative estimate of drug-likeness (QED) is 0.818. The van der Waals surface area contributed by atoms with Crippen LogP contribution in [0.15, 0.2) is 17.2 Å². The Balaban J connectivity index is 3.09. The van der Waals surface area contributed by atoms with E-state index in [1.54, 1.807) is 23.9 Å². The summed E-state index contributed by atoms with van der Waals surface area (Å²) in [5.74, 6) is 0. The van der Waals surface area contributed by atoms with Crippen molar-refractivity contribution in [2.45, 2.75) is 44.7 Å². The van der Waals surface area contributed by atoms with Gasteiger partial charge in [0.05, 0.1) is 6.61 Å². The maximum absolute atomic E-state index is 12.2. The van der Waals surface area contributed by atoms with E-state index in [4.69, 9.17) is 0 Å². The van der Waals surface area contributed by atoms with Crippen molar-refractivity contribution in [1.82, 2.24) is 8.87 Å². The molecule has 104 valence electrons. The van der Waals surface area contributed by atoms with Crippen LogP contribution in [0, 0.1) is 0 Å². The van der Waals surface area contributed by atoms with E-state index in [0.717, 1.165) is 12.8 Å². The van der Waals surface area contributed by atoms with Crippen molar-refractivity contribution in [3.63, 3.8) is 0 Å². The lowest BCUT2D eigenvalue weighted by Gasteiger charge is -2.14. The Morgan fingerprint density at radius 1 is 1.33 bits per heavy atom. The van der Waals surface area contributed by atoms with Gasteiger partial charge in [-0.2, -0.15) is 0 Å². The standard InChI is InChI=1S/C12H22N2O3S/c1-4-6-13(3)18(16,17)12-8-11(10-15)14(9-12)7-5-2/h8-9,15H,4-7,10H2,1-3H3. The van der Waals surface area contributed by atoms with Crippen molar-refractivity contribution in [1.29, 1.82) is 0 Å². The normalized spacial score (nSPS) is 12.3. The van der Waals surface area contributed by atoms with Gasteiger partial charge in [0.25, 0.3) is 0 Å². The van der Waals surface area contributed by atoms with Crippen LogP contribution in [0.2, 0.25) is 0 Å². The number of aryl methyl sites for hydroxylation is 1. The Morgan fingerprint density at radius 2 is 2.00 bits per heavy atom. The Morgan fingerprint density at radius 3 is 2.50 bits per heavy atom. The highest BCUT2D eigenvalue weighted by Crippen LogP contribution is 2.19. The molecule has 1 rings (SSSR count). The number of hydrogen-bond acceptors (Lipinski definition) is 3. The second-order valence-corrected chi connectivity index (χ2v) is 6.39. The van der Waals surface area contributed by atoms with E-state index >= 15 is 0 Å². The molecule has 0 bridgehead atoms. The molecule has 6 heteroatoms. The molecule has 0 aliphatic heterocycles. The smallest absolute Gasteiger partial charge is 0.244 e. The maximum Gasteiger partial charge on any atom is 0.244 e. The minimum Gasteiger partial charge on any atom is -0.390 e. The second-order valence-electron chi connectivity index (χ2n) is 4.35. The fourth-order valence-electron chi connectivity index (χ4n) is 1.86. The van der Waals surface area contributed by atoms with Crippen molar-refractivity contribution in [3.05, 3.63) is 18.0 Å². The zero-order valence-electron chi connectivity index (χ0n) is 11.3. The van der Waals surface area contributed by atoms with Crippen LogP contribution in [0.4, 0.5) is 0 Å². The zero-order chi connectivity index (χ0) is 13.8. The third kappa shape index (κ3) is 3.13. The molecule has 0 spiro atoms. The summed E-state index contributed by atoms with van der Waals surface area (Å²) in [6.07, 6.45) is 3.28. The second kappa shape index (κ2) is 6.36. The molecule has 1 aromatic rings. The van der Waals surface area contributed by atoms with Gasteiger partial charge in [0, 0.05) is 32.0 Å². The van der Waals surface area contributed by atoms with Crippen molar-refractivity contribution in [2.24, 2.45) is 0 Å². The summed E-state index contributed by atoms with van der Waals surface area (Å²) < 4.78 is 27.6. The van der Waals surface area contributed by atoms with Crippen LogP contribution in [0.3, 0.4) is 0 Å². The molecule has 0 saturated heterocycles. The van der Waals surface area contributed by atoms with Crippen LogP contribution in [0.5, 0.6) is 0 Å². The third-order valence-electron chi connectivity index (χ3n) is 2.83. The number of sulfonamides is 1. The Labute approximate surface area is 109 Å². The lowest BCUT2D eigenvalue weighted by molar-refractivity contribution is 0.270. The summed E-state index contributed by atoms with van der Waals surface area (Å²) in [5, 5.41) is 9.24. The number of nitrogens with zero attached hydrogens (tertiary/aromatic N) is 2. The minimum absolute atomic E-state index is 0.146. The third-order valence-corrected chi connectivity index (χ3v) is 4.66. The zero-order valence-corrected chi connectivity index (χ0v) is 12.1. The maximum atomic E-state index is 12.2. The lowest BCUT2D eigenvalue weighted by atomic mass is 10.4. The van der Waals surface area contributed by atoms with Gasteiger partial charge in [-0.3, -0.25) is 0 Å². The van der Waals surface area contributed by atoms with E-state index in [1.807, 2.05) is 13.8 Å². The molecule has 0 saturated carbocycles. The summed E-state index contributed by atoms with van der Waals surface area (Å²) in [5.41, 5.74) is 0.639. The number of hydrogen-bond donors (Lipinski definition) is 1. The van der Waals surface area contributed by atoms with Crippen molar-refractivity contribution in [3.8, 4) is 0 Å². The Hall–Kier alpha value is -0.850. The summed E-state index contributed by atoms with van der Waals surface area (Å²) in [7, 11) is -1.85. The number of aromatic nitrogens is 1. The average molecular weight is 274 g/mol. The summed E-state index contributed by atoms with van der Waals surface area (Å²) in [6.45, 7) is 5.01. The monoisotopic (exact) mass is 274 g/mol. The van der Waals surface area contributed by atoms with E-state index in [1.165, 1.54) is 4.31 Å². The van der Waals surface area contributed by atoms with E-state index in [0.29, 0.717) is 18.8 Å². The van der Waals surface area contributed by atoms with Crippen LogP contribution in [-0.2, 0) is 23.2 Å². The Kier molecular flexibility index (Phi) is 5.37. The molecule has 18 heavy (non-hydrogen) atoms. The molecule has 0 fully saturated rings. The fraction of sp³-hybridized carbons (Fsp3) is 0.667. The molecule has 0 radical (unpaired) electrons. The van der Waals surface area contributed by atoms with Crippen LogP contribution < -0.4 is 0 Å². The predicted octanol–water partition coefficient (Wildman–Crippen LogP) is 1.42. The van der Waals surface area contributed by atoms with Crippen molar-refractivity contribution >= 4 is 10.0 Å². The molecule has 0 atom stereocenters. The van der Waals surface area contributed by atoms with Gasteiger partial charge >= 0.3 is 0 Å². The van der Waals surface area contributed by atoms with Gasteiger partial charge in [-0.25, -0.2) is 12.7 Å². The highest BCUT2D eigenvalue weighted by atomic mass is 32.2. The molecule has 1 N–H and O–H groups in total. The first-order valence-corrected chi connectivity index (χ1v) is 7.67. The first-order chi connectivity index (χ1) is 8.47. The molecule has 0 aliphatic carbocycles. The first-order valence-electron chi connectivity index (χ1n) is 6.23. The average Bonchev–Trinajstić information content (AvgIpc) is 2.73. The van der Waals surface area contributed by atoms with Crippen LogP contribution in [-0.4, -0.2) is 36.0 Å². The molecular weight excluding hydrogens is 252 g/mol. The Bertz CT molecular complexity index is 480. The van der Waals surface area contributed by atoms with Gasteiger partial charge in [-0.1, -0.05) is 13.8 Å². The topological polar surface area (TPSA) is 62.5 Å². The van der Waals surface area contributed by atoms with Crippen molar-refractivity contribution < 1.29 is 13.5 Å². The summed E-state index contributed by atoms with van der Waals surface area (Å²) in [6, 6.07) is 1.55. The van der Waals surface area contributed by atoms with E-state index in [2.05, 4.69) is 0 Å². The van der Waals surface area contributed by atoms with Gasteiger partial charge in [0.1, 0.15) is 4.90 Å². The highest BCUT2D eigenvalue weighted by molar-refractivity contribution is 7.89. The highest BCUT2D eigenvalue weighted by Gasteiger charge is 2.22. The van der Waals surface area contributed by atoms with Gasteiger partial charge in [-0.05, 0) is 18.9 Å². The fourth-order valence-corrected chi connectivity index (χ4v) is 3.19. The largest absolute Gasteiger partial charge is 0.390 e. The van der Waals surface area contributed by atoms with Gasteiger partial charge < -0.3 is 9.67 Å². The lowest BCUT2D eigenvalue weighted by Crippen LogP contribution is -2.27. The number of aliphatic hydroxyl groups is 1. The van der Waals surface area contributed by atoms with Crippen LogP contribution in [0.1, 0.15) is 32.4 Å². The SMILES string of the molecule is CCCN(C)S(=O)(=O)c1cc(CO)n(CCC)c1. The summed E-state index contributed by atoms with van der Waals surface area (Å²) in [4.78, 5) is 0.260. The van der Waals surface area contributed by atoms with Crippen LogP contribution >= 0.6 is 0 Å². The van der Waals surface area contributed by atoms with E-state index in [9.17, 15) is 13.5 Å². The van der Waals surface area contributed by atoms with Gasteiger partial charge in [0.2, 0.25) is 10.0 Å². The van der Waals surface area contributed by atoms with E-state index < -0.39 is 10.0 Å². The minimum atomic E-state index is -3.43. The molecule has 1 aromatic heterocycles. The molecular formula is C12H22N2O3S. The molecule has 5 nitrogen and oxygen atoms in total. The summed E-state index contributed by atoms with van der Waals surface area (Å²) >= 11 is 0. The predicted molar refractivity (Wildman–Crippen MR) is 70.8 cm³/mol. The van der Waals surface area contributed by atoms with Gasteiger partial charge in [0.15, 0.2) is 0 Å². The molecule has 0 amide bonds. The van der Waals surface area contributed by atoms with E-state index in [-0.39, 0.29) is 11.5 Å². The molecule has 0 aromatic carbocycles. The van der Waals surface area contributed by atoms with Crippen molar-refractivity contribution in [2.75, 3.05) is 13.6 Å². The van der Waals surface area contributed by atoms with Crippen LogP contribution in [0.25, 0.3) is 0 Å². The van der Waals surface area contributed by atoms with Gasteiger partial charge in [-0.15, -0.1) is 0 Å². The first kappa shape index (κ1) is 15.2. The number of aliphatic hydroxyl groups excluding tert-OH is 1. The molecule has 1 heterocycles. The number of rotatable bonds is 7.